The van der Waals surface area contributed by atoms with Crippen molar-refractivity contribution in [3.63, 3.8) is 0 Å². The minimum atomic E-state index is 1.03. The van der Waals surface area contributed by atoms with Crippen LogP contribution in [0.5, 0.6) is 0 Å². The van der Waals surface area contributed by atoms with Crippen LogP contribution in [0.1, 0.15) is 34.1 Å². The second-order valence-electron chi connectivity index (χ2n) is 2.02. The van der Waals surface area contributed by atoms with Crippen molar-refractivity contribution in [2.24, 2.45) is 0 Å². The average Bonchev–Trinajstić information content (AvgIpc) is 2.70. The molecule has 1 heteroatoms. The van der Waals surface area contributed by atoms with Gasteiger partial charge in [0, 0.05) is 12.2 Å². The Hall–Kier alpha value is -0.980. The van der Waals surface area contributed by atoms with Crippen LogP contribution in [0.15, 0.2) is 36.6 Å². The molecule has 1 heterocycles. The van der Waals surface area contributed by atoms with Crippen LogP contribution >= 0.6 is 0 Å². The summed E-state index contributed by atoms with van der Waals surface area (Å²) in [5.74, 6) is 0. The summed E-state index contributed by atoms with van der Waals surface area (Å²) in [6, 6.07) is 0. The maximum absolute atomic E-state index is 3.70. The fraction of sp³-hybridized carbons (Fsp3) is 0.500. The first-order valence-electron chi connectivity index (χ1n) is 5.10. The van der Waals surface area contributed by atoms with Crippen molar-refractivity contribution in [1.82, 2.24) is 5.32 Å². The number of hydrogen-bond donors (Lipinski definition) is 1. The maximum atomic E-state index is 3.70. The van der Waals surface area contributed by atoms with Gasteiger partial charge in [-0.2, -0.15) is 0 Å². The largest absolute Gasteiger partial charge is 0.385 e. The highest BCUT2D eigenvalue weighted by atomic mass is 14.9. The first kappa shape index (κ1) is 14.5. The predicted octanol–water partition coefficient (Wildman–Crippen LogP) is 3.66. The lowest BCUT2D eigenvalue weighted by Crippen LogP contribution is -2.04. The summed E-state index contributed by atoms with van der Waals surface area (Å²) in [5.41, 5.74) is 2.43. The van der Waals surface area contributed by atoms with Crippen molar-refractivity contribution < 1.29 is 0 Å². The molecule has 0 spiro atoms. The molecule has 1 aliphatic rings. The zero-order chi connectivity index (χ0) is 10.7. The maximum Gasteiger partial charge on any atom is 0.0367 e. The van der Waals surface area contributed by atoms with Crippen molar-refractivity contribution in [2.45, 2.75) is 34.1 Å². The van der Waals surface area contributed by atoms with Crippen LogP contribution < -0.4 is 5.32 Å². The summed E-state index contributed by atoms with van der Waals surface area (Å²) in [5, 5.41) is 3.20. The summed E-state index contributed by atoms with van der Waals surface area (Å²) >= 11 is 0. The molecule has 0 aliphatic carbocycles. The van der Waals surface area contributed by atoms with Gasteiger partial charge in [0.25, 0.3) is 0 Å². The molecule has 1 rings (SSSR count). The van der Waals surface area contributed by atoms with Crippen molar-refractivity contribution >= 4 is 0 Å². The highest BCUT2D eigenvalue weighted by Crippen LogP contribution is 2.13. The first-order valence-corrected chi connectivity index (χ1v) is 5.10. The van der Waals surface area contributed by atoms with Gasteiger partial charge in [-0.05, 0) is 18.1 Å². The molecule has 76 valence electrons. The molecular formula is C12H23N. The smallest absolute Gasteiger partial charge is 0.0367 e. The Balaban J connectivity index is 0. The molecule has 0 aromatic carbocycles. The fourth-order valence-corrected chi connectivity index (χ4v) is 0.995. The quantitative estimate of drug-likeness (QED) is 0.685. The van der Waals surface area contributed by atoms with Gasteiger partial charge in [0.15, 0.2) is 0 Å². The molecule has 1 nitrogen and oxygen atoms in total. The topological polar surface area (TPSA) is 12.0 Å². The fourth-order valence-electron chi connectivity index (χ4n) is 0.995. The first-order chi connectivity index (χ1) is 6.38. The van der Waals surface area contributed by atoms with E-state index in [1.807, 2.05) is 39.8 Å². The lowest BCUT2D eigenvalue weighted by Gasteiger charge is -1.94. The molecule has 13 heavy (non-hydrogen) atoms. The van der Waals surface area contributed by atoms with E-state index in [4.69, 9.17) is 0 Å². The molecule has 1 aliphatic heterocycles. The highest BCUT2D eigenvalue weighted by molar-refractivity contribution is 5.33. The third-order valence-corrected chi connectivity index (χ3v) is 1.51. The Labute approximate surface area is 83.2 Å². The van der Waals surface area contributed by atoms with E-state index in [2.05, 4.69) is 18.5 Å². The van der Waals surface area contributed by atoms with Crippen LogP contribution in [0.3, 0.4) is 0 Å². The second-order valence-corrected chi connectivity index (χ2v) is 2.02. The zero-order valence-corrected chi connectivity index (χ0v) is 9.48. The van der Waals surface area contributed by atoms with Crippen molar-refractivity contribution in [1.29, 1.82) is 0 Å². The van der Waals surface area contributed by atoms with Gasteiger partial charge in [0.05, 0.1) is 0 Å². The van der Waals surface area contributed by atoms with E-state index < -0.39 is 0 Å². The van der Waals surface area contributed by atoms with E-state index in [1.165, 1.54) is 5.57 Å². The van der Waals surface area contributed by atoms with Crippen molar-refractivity contribution in [2.75, 3.05) is 6.54 Å². The Morgan fingerprint density at radius 3 is 1.92 bits per heavy atom. The van der Waals surface area contributed by atoms with E-state index in [-0.39, 0.29) is 0 Å². The zero-order valence-electron chi connectivity index (χ0n) is 9.48. The SMILES string of the molecule is C=CC1=C(C=C)NCC1.CC.CC. The summed E-state index contributed by atoms with van der Waals surface area (Å²) in [7, 11) is 0. The van der Waals surface area contributed by atoms with Gasteiger partial charge in [-0.3, -0.25) is 0 Å². The van der Waals surface area contributed by atoms with Gasteiger partial charge < -0.3 is 5.32 Å². The summed E-state index contributed by atoms with van der Waals surface area (Å²) in [4.78, 5) is 0. The third kappa shape index (κ3) is 5.29. The predicted molar refractivity (Wildman–Crippen MR) is 62.7 cm³/mol. The van der Waals surface area contributed by atoms with E-state index in [1.54, 1.807) is 0 Å². The molecule has 0 saturated heterocycles. The number of rotatable bonds is 2. The standard InChI is InChI=1S/C8H11N.2C2H6/c1-3-7-5-6-9-8(7)4-2;2*1-2/h3-4,9H,1-2,5-6H2;2*1-2H3. The normalized spacial score (nSPS) is 12.9. The van der Waals surface area contributed by atoms with Gasteiger partial charge >= 0.3 is 0 Å². The Morgan fingerprint density at radius 1 is 1.08 bits per heavy atom. The summed E-state index contributed by atoms with van der Waals surface area (Å²) < 4.78 is 0. The van der Waals surface area contributed by atoms with Crippen LogP contribution in [0, 0.1) is 0 Å². The molecule has 0 radical (unpaired) electrons. The molecule has 0 bridgehead atoms. The van der Waals surface area contributed by atoms with Crippen LogP contribution in [0.4, 0.5) is 0 Å². The summed E-state index contributed by atoms with van der Waals surface area (Å²) in [6.07, 6.45) is 4.81. The minimum Gasteiger partial charge on any atom is -0.385 e. The lowest BCUT2D eigenvalue weighted by atomic mass is 10.2. The molecule has 0 atom stereocenters. The molecule has 0 aromatic rings. The van der Waals surface area contributed by atoms with Gasteiger partial charge in [-0.15, -0.1) is 0 Å². The molecule has 1 N–H and O–H groups in total. The second kappa shape index (κ2) is 11.0. The number of nitrogens with one attached hydrogen (secondary N) is 1. The lowest BCUT2D eigenvalue weighted by molar-refractivity contribution is 0.889. The molecular weight excluding hydrogens is 158 g/mol. The van der Waals surface area contributed by atoms with E-state index in [0.29, 0.717) is 0 Å². The van der Waals surface area contributed by atoms with Gasteiger partial charge in [0.1, 0.15) is 0 Å². The molecule has 0 amide bonds. The van der Waals surface area contributed by atoms with Crippen LogP contribution in [-0.2, 0) is 0 Å². The average molecular weight is 181 g/mol. The van der Waals surface area contributed by atoms with Crippen LogP contribution in [0.25, 0.3) is 0 Å². The number of allylic oxidation sites excluding steroid dienone is 2. The Kier molecular flexibility index (Phi) is 12.3. The Bertz CT molecular complexity index is 148. The summed E-state index contributed by atoms with van der Waals surface area (Å²) in [6.45, 7) is 16.4. The van der Waals surface area contributed by atoms with Crippen molar-refractivity contribution in [3.8, 4) is 0 Å². The molecule has 0 saturated carbocycles. The Morgan fingerprint density at radius 2 is 1.62 bits per heavy atom. The van der Waals surface area contributed by atoms with E-state index >= 15 is 0 Å². The van der Waals surface area contributed by atoms with Crippen LogP contribution in [-0.4, -0.2) is 6.54 Å². The molecule has 0 fully saturated rings. The highest BCUT2D eigenvalue weighted by Gasteiger charge is 2.05. The van der Waals surface area contributed by atoms with Crippen LogP contribution in [0.2, 0.25) is 0 Å². The molecule has 0 unspecified atom stereocenters. The third-order valence-electron chi connectivity index (χ3n) is 1.51. The van der Waals surface area contributed by atoms with Crippen molar-refractivity contribution in [3.05, 3.63) is 36.6 Å². The van der Waals surface area contributed by atoms with E-state index in [9.17, 15) is 0 Å². The van der Waals surface area contributed by atoms with E-state index in [0.717, 1.165) is 18.7 Å². The van der Waals surface area contributed by atoms with Gasteiger partial charge in [-0.1, -0.05) is 46.9 Å². The molecule has 0 aromatic heterocycles. The van der Waals surface area contributed by atoms with Gasteiger partial charge in [0.2, 0.25) is 0 Å². The van der Waals surface area contributed by atoms with Gasteiger partial charge in [-0.25, -0.2) is 0 Å². The number of hydrogen-bond acceptors (Lipinski definition) is 1. The minimum absolute atomic E-state index is 1.03. The monoisotopic (exact) mass is 181 g/mol.